The van der Waals surface area contributed by atoms with Gasteiger partial charge in [-0.3, -0.25) is 4.39 Å². The molecule has 0 bridgehead atoms. The monoisotopic (exact) mass is 245 g/mol. The summed E-state index contributed by atoms with van der Waals surface area (Å²) in [6, 6.07) is 6.13. The molecule has 1 heterocycles. The number of halogens is 2. The molecule has 1 aromatic rings. The highest BCUT2D eigenvalue weighted by atomic mass is 35.5. The van der Waals surface area contributed by atoms with Crippen molar-refractivity contribution in [2.75, 3.05) is 19.8 Å². The van der Waals surface area contributed by atoms with E-state index in [1.807, 2.05) is 6.07 Å². The molecule has 2 rings (SSSR count). The van der Waals surface area contributed by atoms with Crippen LogP contribution in [0.5, 0.6) is 5.75 Å². The van der Waals surface area contributed by atoms with Crippen molar-refractivity contribution in [3.63, 3.8) is 0 Å². The van der Waals surface area contributed by atoms with Gasteiger partial charge in [0.25, 0.3) is 0 Å². The molecule has 0 unspecified atom stereocenters. The van der Waals surface area contributed by atoms with Gasteiger partial charge in [0.1, 0.15) is 5.75 Å². The average Bonchev–Trinajstić information content (AvgIpc) is 2.29. The molecule has 2 nitrogen and oxygen atoms in total. The maximum atomic E-state index is 11.9. The fourth-order valence-electron chi connectivity index (χ4n) is 1.79. The van der Waals surface area contributed by atoms with Crippen LogP contribution in [-0.2, 0) is 13.0 Å². The van der Waals surface area contributed by atoms with Crippen LogP contribution in [0.25, 0.3) is 0 Å². The van der Waals surface area contributed by atoms with Crippen molar-refractivity contribution in [1.82, 2.24) is 5.32 Å². The van der Waals surface area contributed by atoms with Crippen LogP contribution in [0.4, 0.5) is 4.39 Å². The first-order chi connectivity index (χ1) is 7.40. The van der Waals surface area contributed by atoms with Crippen molar-refractivity contribution < 1.29 is 9.13 Å². The molecule has 1 aliphatic rings. The molecule has 1 aliphatic heterocycles. The van der Waals surface area contributed by atoms with Gasteiger partial charge in [-0.25, -0.2) is 0 Å². The summed E-state index contributed by atoms with van der Waals surface area (Å²) in [4.78, 5) is 0. The van der Waals surface area contributed by atoms with E-state index in [1.54, 1.807) is 0 Å². The summed E-state index contributed by atoms with van der Waals surface area (Å²) in [5.41, 5.74) is 2.70. The van der Waals surface area contributed by atoms with E-state index in [2.05, 4.69) is 17.4 Å². The van der Waals surface area contributed by atoms with Gasteiger partial charge in [-0.15, -0.1) is 12.4 Å². The summed E-state index contributed by atoms with van der Waals surface area (Å²) in [5, 5.41) is 3.32. The van der Waals surface area contributed by atoms with Crippen molar-refractivity contribution >= 4 is 12.4 Å². The fraction of sp³-hybridized carbons (Fsp3) is 0.500. The molecule has 0 amide bonds. The van der Waals surface area contributed by atoms with Crippen LogP contribution in [0.1, 0.15) is 17.5 Å². The summed E-state index contributed by atoms with van der Waals surface area (Å²) < 4.78 is 17.3. The highest BCUT2D eigenvalue weighted by molar-refractivity contribution is 5.85. The van der Waals surface area contributed by atoms with Crippen LogP contribution in [0.3, 0.4) is 0 Å². The highest BCUT2D eigenvalue weighted by Crippen LogP contribution is 2.20. The molecule has 0 radical (unpaired) electrons. The Morgan fingerprint density at radius 3 is 3.00 bits per heavy atom. The molecule has 0 aromatic heterocycles. The first-order valence-electron chi connectivity index (χ1n) is 5.41. The van der Waals surface area contributed by atoms with Crippen molar-refractivity contribution in [3.8, 4) is 5.75 Å². The predicted octanol–water partition coefficient (Wildman–Crippen LogP) is 2.49. The van der Waals surface area contributed by atoms with E-state index < -0.39 is 0 Å². The zero-order valence-corrected chi connectivity index (χ0v) is 9.99. The lowest BCUT2D eigenvalue weighted by Gasteiger charge is -2.17. The fourth-order valence-corrected chi connectivity index (χ4v) is 1.79. The Hall–Kier alpha value is -0.800. The van der Waals surface area contributed by atoms with Crippen molar-refractivity contribution in [2.45, 2.75) is 19.4 Å². The van der Waals surface area contributed by atoms with Crippen LogP contribution < -0.4 is 10.1 Å². The highest BCUT2D eigenvalue weighted by Gasteiger charge is 2.08. The van der Waals surface area contributed by atoms with Crippen molar-refractivity contribution in [2.24, 2.45) is 0 Å². The maximum Gasteiger partial charge on any atom is 0.119 e. The normalized spacial score (nSPS) is 13.8. The third-order valence-corrected chi connectivity index (χ3v) is 2.61. The lowest BCUT2D eigenvalue weighted by atomic mass is 10.0. The Morgan fingerprint density at radius 2 is 2.19 bits per heavy atom. The molecule has 4 heteroatoms. The van der Waals surface area contributed by atoms with Crippen LogP contribution >= 0.6 is 12.4 Å². The smallest absolute Gasteiger partial charge is 0.119 e. The number of ether oxygens (including phenoxy) is 1. The molecule has 90 valence electrons. The van der Waals surface area contributed by atoms with E-state index in [1.165, 1.54) is 11.1 Å². The van der Waals surface area contributed by atoms with Gasteiger partial charge in [0.15, 0.2) is 0 Å². The Bertz CT molecular complexity index is 333. The molecule has 16 heavy (non-hydrogen) atoms. The Morgan fingerprint density at radius 1 is 1.31 bits per heavy atom. The van der Waals surface area contributed by atoms with Gasteiger partial charge in [-0.2, -0.15) is 0 Å². The first kappa shape index (κ1) is 13.3. The largest absolute Gasteiger partial charge is 0.493 e. The van der Waals surface area contributed by atoms with E-state index in [0.717, 1.165) is 25.3 Å². The summed E-state index contributed by atoms with van der Waals surface area (Å²) in [6.07, 6.45) is 1.52. The molecule has 0 saturated carbocycles. The summed E-state index contributed by atoms with van der Waals surface area (Å²) in [7, 11) is 0. The number of hydrogen-bond acceptors (Lipinski definition) is 2. The van der Waals surface area contributed by atoms with Crippen LogP contribution in [-0.4, -0.2) is 19.8 Å². The number of alkyl halides is 1. The summed E-state index contributed by atoms with van der Waals surface area (Å²) in [5.74, 6) is 0.865. The van der Waals surface area contributed by atoms with Gasteiger partial charge >= 0.3 is 0 Å². The molecule has 1 N–H and O–H groups in total. The van der Waals surface area contributed by atoms with Gasteiger partial charge in [0.05, 0.1) is 13.3 Å². The second-order valence-electron chi connectivity index (χ2n) is 3.75. The van der Waals surface area contributed by atoms with Crippen molar-refractivity contribution in [3.05, 3.63) is 29.3 Å². The summed E-state index contributed by atoms with van der Waals surface area (Å²) in [6.45, 7) is 2.13. The zero-order chi connectivity index (χ0) is 10.5. The van der Waals surface area contributed by atoms with Crippen LogP contribution in [0.15, 0.2) is 18.2 Å². The third-order valence-electron chi connectivity index (χ3n) is 2.61. The van der Waals surface area contributed by atoms with Gasteiger partial charge in [0, 0.05) is 13.0 Å². The predicted molar refractivity (Wildman–Crippen MR) is 65.2 cm³/mol. The first-order valence-corrected chi connectivity index (χ1v) is 5.41. The number of rotatable bonds is 4. The van der Waals surface area contributed by atoms with Gasteiger partial charge in [-0.05, 0) is 36.2 Å². The molecule has 0 aliphatic carbocycles. The Kier molecular flexibility index (Phi) is 5.56. The molecular formula is C12H17ClFNO. The quantitative estimate of drug-likeness (QED) is 0.823. The number of benzene rings is 1. The molecule has 1 aromatic carbocycles. The molecule has 0 fully saturated rings. The minimum Gasteiger partial charge on any atom is -0.493 e. The van der Waals surface area contributed by atoms with Gasteiger partial charge < -0.3 is 10.1 Å². The lowest BCUT2D eigenvalue weighted by molar-refractivity contribution is 0.289. The van der Waals surface area contributed by atoms with Crippen molar-refractivity contribution in [1.29, 1.82) is 0 Å². The molecule has 0 atom stereocenters. The number of hydrogen-bond donors (Lipinski definition) is 1. The van der Waals surface area contributed by atoms with Gasteiger partial charge in [0.2, 0.25) is 0 Å². The van der Waals surface area contributed by atoms with Crippen LogP contribution in [0.2, 0.25) is 0 Å². The topological polar surface area (TPSA) is 21.3 Å². The van der Waals surface area contributed by atoms with E-state index in [-0.39, 0.29) is 19.1 Å². The second kappa shape index (κ2) is 6.71. The standard InChI is InChI=1S/C12H16FNO.ClH/c13-5-1-7-15-12-3-2-11-9-14-6-4-10(11)8-12;/h2-3,8,14H,1,4-7,9H2;1H. The zero-order valence-electron chi connectivity index (χ0n) is 9.17. The van der Waals surface area contributed by atoms with E-state index in [0.29, 0.717) is 13.0 Å². The summed E-state index contributed by atoms with van der Waals surface area (Å²) >= 11 is 0. The van der Waals surface area contributed by atoms with E-state index in [9.17, 15) is 4.39 Å². The molecular weight excluding hydrogens is 229 g/mol. The molecule has 0 saturated heterocycles. The second-order valence-corrected chi connectivity index (χ2v) is 3.75. The third kappa shape index (κ3) is 3.35. The van der Waals surface area contributed by atoms with Crippen LogP contribution in [0, 0.1) is 0 Å². The minimum atomic E-state index is -0.311. The number of nitrogens with one attached hydrogen (secondary N) is 1. The van der Waals surface area contributed by atoms with E-state index >= 15 is 0 Å². The maximum absolute atomic E-state index is 11.9. The SMILES string of the molecule is Cl.FCCCOc1ccc2c(c1)CCNC2. The Balaban J connectivity index is 0.00000128. The van der Waals surface area contributed by atoms with E-state index in [4.69, 9.17) is 4.74 Å². The number of fused-ring (bicyclic) bond motifs is 1. The van der Waals surface area contributed by atoms with Gasteiger partial charge in [-0.1, -0.05) is 6.07 Å². The average molecular weight is 246 g/mol. The molecule has 0 spiro atoms. The minimum absolute atomic E-state index is 0. The Labute approximate surface area is 102 Å². The lowest BCUT2D eigenvalue weighted by Crippen LogP contribution is -2.23.